The van der Waals surface area contributed by atoms with Crippen molar-refractivity contribution in [2.24, 2.45) is 0 Å². The lowest BCUT2D eigenvalue weighted by atomic mass is 9.97. The van der Waals surface area contributed by atoms with Gasteiger partial charge in [0.1, 0.15) is 0 Å². The standard InChI is InChI=1S/C22H15N3O6/c26-17-3-9-2-16(25-14(9)5-18(17)27)20-12-4-11(24-15(12)6-19(28)21(20)29)1-10-7-23-8-13(10)22(30)31/h2-8,23-27H,1H2,(H,30,31). The SMILES string of the molecule is O=C1C=c2[nH]c(Cc3c[nH]cc3C(=O)O)cc2=C(c2cc3cc(O)c(O)cc3[nH]2)C1=O. The van der Waals surface area contributed by atoms with Crippen molar-refractivity contribution in [2.75, 3.05) is 0 Å². The fourth-order valence-corrected chi connectivity index (χ4v) is 3.89. The van der Waals surface area contributed by atoms with Gasteiger partial charge in [0.05, 0.1) is 22.2 Å². The molecule has 0 spiro atoms. The predicted octanol–water partition coefficient (Wildman–Crippen LogP) is 0.656. The van der Waals surface area contributed by atoms with Crippen LogP contribution in [0.4, 0.5) is 0 Å². The molecule has 0 radical (unpaired) electrons. The highest BCUT2D eigenvalue weighted by Gasteiger charge is 2.26. The number of aromatic amines is 3. The number of rotatable bonds is 4. The summed E-state index contributed by atoms with van der Waals surface area (Å²) in [5, 5.41) is 30.3. The molecule has 3 aromatic heterocycles. The van der Waals surface area contributed by atoms with Gasteiger partial charge < -0.3 is 30.3 Å². The number of carboxylic acids is 1. The molecule has 0 fully saturated rings. The number of fused-ring (bicyclic) bond motifs is 2. The van der Waals surface area contributed by atoms with Crippen LogP contribution in [0.5, 0.6) is 11.5 Å². The molecular weight excluding hydrogens is 402 g/mol. The summed E-state index contributed by atoms with van der Waals surface area (Å²) in [5.74, 6) is -3.04. The third-order valence-electron chi connectivity index (χ3n) is 5.33. The van der Waals surface area contributed by atoms with Crippen molar-refractivity contribution in [3.8, 4) is 11.5 Å². The Bertz CT molecular complexity index is 1510. The van der Waals surface area contributed by atoms with Gasteiger partial charge in [0.15, 0.2) is 11.5 Å². The second-order valence-corrected chi connectivity index (χ2v) is 7.32. The van der Waals surface area contributed by atoms with E-state index in [0.717, 1.165) is 0 Å². The van der Waals surface area contributed by atoms with Crippen LogP contribution in [0.15, 0.2) is 36.7 Å². The number of carboxylic acid groups (broad SMARTS) is 1. The van der Waals surface area contributed by atoms with Crippen molar-refractivity contribution >= 4 is 40.1 Å². The van der Waals surface area contributed by atoms with Gasteiger partial charge in [-0.3, -0.25) is 9.59 Å². The molecule has 1 aliphatic rings. The van der Waals surface area contributed by atoms with Crippen LogP contribution in [0.3, 0.4) is 0 Å². The minimum atomic E-state index is -1.05. The van der Waals surface area contributed by atoms with Crippen LogP contribution >= 0.6 is 0 Å². The number of carbonyl (C=O) groups excluding carboxylic acids is 2. The Morgan fingerprint density at radius 2 is 1.74 bits per heavy atom. The van der Waals surface area contributed by atoms with Crippen molar-refractivity contribution < 1.29 is 29.7 Å². The van der Waals surface area contributed by atoms with E-state index in [1.807, 2.05) is 0 Å². The largest absolute Gasteiger partial charge is 0.504 e. The summed E-state index contributed by atoms with van der Waals surface area (Å²) in [5.41, 5.74) is 2.35. The second-order valence-electron chi connectivity index (χ2n) is 7.32. The third kappa shape index (κ3) is 2.91. The normalized spacial score (nSPS) is 13.5. The van der Waals surface area contributed by atoms with Crippen molar-refractivity contribution in [1.82, 2.24) is 15.0 Å². The first-order valence-electron chi connectivity index (χ1n) is 9.28. The van der Waals surface area contributed by atoms with Crippen LogP contribution < -0.4 is 10.6 Å². The van der Waals surface area contributed by atoms with Crippen molar-refractivity contribution in [3.05, 3.63) is 69.7 Å². The molecule has 9 nitrogen and oxygen atoms in total. The number of hydrogen-bond acceptors (Lipinski definition) is 5. The second kappa shape index (κ2) is 6.49. The van der Waals surface area contributed by atoms with E-state index in [1.54, 1.807) is 18.3 Å². The lowest BCUT2D eigenvalue weighted by molar-refractivity contribution is -0.129. The van der Waals surface area contributed by atoms with Gasteiger partial charge in [-0.15, -0.1) is 0 Å². The maximum absolute atomic E-state index is 12.7. The predicted molar refractivity (Wildman–Crippen MR) is 109 cm³/mol. The quantitative estimate of drug-likeness (QED) is 0.211. The molecule has 154 valence electrons. The van der Waals surface area contributed by atoms with Gasteiger partial charge in [0.25, 0.3) is 0 Å². The number of aromatic carboxylic acids is 1. The number of aromatic hydroxyl groups is 2. The van der Waals surface area contributed by atoms with Gasteiger partial charge in [0.2, 0.25) is 11.6 Å². The number of aromatic nitrogens is 3. The van der Waals surface area contributed by atoms with Crippen LogP contribution in [-0.2, 0) is 16.0 Å². The maximum Gasteiger partial charge on any atom is 0.337 e. The molecule has 0 bridgehead atoms. The highest BCUT2D eigenvalue weighted by atomic mass is 16.4. The highest BCUT2D eigenvalue weighted by Crippen LogP contribution is 2.31. The van der Waals surface area contributed by atoms with E-state index in [9.17, 15) is 29.7 Å². The third-order valence-corrected chi connectivity index (χ3v) is 5.33. The van der Waals surface area contributed by atoms with E-state index in [2.05, 4.69) is 15.0 Å². The number of ketones is 2. The molecule has 6 N–H and O–H groups in total. The lowest BCUT2D eigenvalue weighted by Gasteiger charge is -2.05. The van der Waals surface area contributed by atoms with Gasteiger partial charge in [-0.05, 0) is 23.8 Å². The average Bonchev–Trinajstić information content (AvgIpc) is 3.42. The van der Waals surface area contributed by atoms with Gasteiger partial charge in [0, 0.05) is 52.8 Å². The summed E-state index contributed by atoms with van der Waals surface area (Å²) in [4.78, 5) is 45.3. The number of Topliss-reactive ketones (excluding diaryl/α,β-unsaturated/α-hetero) is 2. The van der Waals surface area contributed by atoms with Crippen molar-refractivity contribution in [1.29, 1.82) is 0 Å². The molecule has 0 aliphatic heterocycles. The molecule has 31 heavy (non-hydrogen) atoms. The maximum atomic E-state index is 12.7. The smallest absolute Gasteiger partial charge is 0.337 e. The molecule has 5 rings (SSSR count). The fraction of sp³-hybridized carbons (Fsp3) is 0.0455. The van der Waals surface area contributed by atoms with E-state index >= 15 is 0 Å². The van der Waals surface area contributed by atoms with Gasteiger partial charge >= 0.3 is 5.97 Å². The van der Waals surface area contributed by atoms with Gasteiger partial charge in [-0.2, -0.15) is 0 Å². The van der Waals surface area contributed by atoms with E-state index < -0.39 is 17.5 Å². The number of nitrogens with one attached hydrogen (secondary N) is 3. The number of phenolic OH excluding ortho intramolecular Hbond substituents is 2. The molecule has 0 amide bonds. The zero-order valence-electron chi connectivity index (χ0n) is 15.8. The van der Waals surface area contributed by atoms with E-state index in [1.165, 1.54) is 24.4 Å². The highest BCUT2D eigenvalue weighted by molar-refractivity contribution is 6.61. The molecule has 4 aromatic rings. The first-order chi connectivity index (χ1) is 14.8. The van der Waals surface area contributed by atoms with Crippen LogP contribution in [0.2, 0.25) is 0 Å². The number of benzene rings is 1. The summed E-state index contributed by atoms with van der Waals surface area (Å²) in [6.45, 7) is 0. The molecule has 3 heterocycles. The van der Waals surface area contributed by atoms with E-state index in [0.29, 0.717) is 38.4 Å². The first kappa shape index (κ1) is 18.5. The zero-order chi connectivity index (χ0) is 21.9. The summed E-state index contributed by atoms with van der Waals surface area (Å²) >= 11 is 0. The molecule has 9 heteroatoms. The minimum absolute atomic E-state index is 0.142. The Morgan fingerprint density at radius 1 is 0.968 bits per heavy atom. The molecular formula is C22H15N3O6. The molecule has 0 unspecified atom stereocenters. The topological polar surface area (TPSA) is 159 Å². The Labute approximate surface area is 173 Å². The fourth-order valence-electron chi connectivity index (χ4n) is 3.89. The molecule has 0 saturated carbocycles. The summed E-state index contributed by atoms with van der Waals surface area (Å²) in [6.07, 6.45) is 4.47. The Balaban J connectivity index is 1.69. The van der Waals surface area contributed by atoms with E-state index in [4.69, 9.17) is 0 Å². The van der Waals surface area contributed by atoms with Crippen LogP contribution in [0.1, 0.15) is 27.3 Å². The van der Waals surface area contributed by atoms with Crippen LogP contribution in [0, 0.1) is 0 Å². The van der Waals surface area contributed by atoms with Crippen molar-refractivity contribution in [2.45, 2.75) is 6.42 Å². The summed E-state index contributed by atoms with van der Waals surface area (Å²) in [7, 11) is 0. The zero-order valence-corrected chi connectivity index (χ0v) is 15.8. The monoisotopic (exact) mass is 417 g/mol. The Morgan fingerprint density at radius 3 is 2.52 bits per heavy atom. The Kier molecular flexibility index (Phi) is 3.87. The molecule has 0 atom stereocenters. The minimum Gasteiger partial charge on any atom is -0.504 e. The first-order valence-corrected chi connectivity index (χ1v) is 9.28. The number of phenols is 2. The summed E-state index contributed by atoms with van der Waals surface area (Å²) < 4.78 is 0. The Hall–Kier alpha value is -4.53. The van der Waals surface area contributed by atoms with Crippen LogP contribution in [-0.4, -0.2) is 47.8 Å². The average molecular weight is 417 g/mol. The van der Waals surface area contributed by atoms with Gasteiger partial charge in [-0.1, -0.05) is 0 Å². The number of H-pyrrole nitrogens is 3. The number of hydrogen-bond donors (Lipinski definition) is 6. The molecule has 1 aromatic carbocycles. The summed E-state index contributed by atoms with van der Waals surface area (Å²) in [6, 6.07) is 6.02. The van der Waals surface area contributed by atoms with E-state index in [-0.39, 0.29) is 29.1 Å². The van der Waals surface area contributed by atoms with Crippen LogP contribution in [0.25, 0.3) is 22.6 Å². The van der Waals surface area contributed by atoms with Gasteiger partial charge in [-0.25, -0.2) is 4.79 Å². The number of carbonyl (C=O) groups is 3. The van der Waals surface area contributed by atoms with Crippen molar-refractivity contribution in [3.63, 3.8) is 0 Å². The molecule has 1 aliphatic carbocycles. The molecule has 0 saturated heterocycles. The lowest BCUT2D eigenvalue weighted by Crippen LogP contribution is -2.36.